The Morgan fingerprint density at radius 1 is 0.929 bits per heavy atom. The van der Waals surface area contributed by atoms with Gasteiger partial charge >= 0.3 is 0 Å². The zero-order chi connectivity index (χ0) is 20.1. The van der Waals surface area contributed by atoms with Gasteiger partial charge in [0.1, 0.15) is 17.4 Å². The van der Waals surface area contributed by atoms with E-state index in [9.17, 15) is 18.5 Å². The molecule has 28 heavy (non-hydrogen) atoms. The Bertz CT molecular complexity index is 880. The van der Waals surface area contributed by atoms with Gasteiger partial charge in [-0.25, -0.2) is 13.8 Å². The number of rotatable bonds is 3. The van der Waals surface area contributed by atoms with E-state index < -0.39 is 34.5 Å². The number of fused-ring (bicyclic) bond motifs is 2. The van der Waals surface area contributed by atoms with Crippen LogP contribution in [0.15, 0.2) is 53.8 Å². The Balaban J connectivity index is 1.96. The summed E-state index contributed by atoms with van der Waals surface area (Å²) in [4.78, 5) is 25.8. The van der Waals surface area contributed by atoms with Crippen LogP contribution in [0, 0.1) is 27.4 Å². The molecule has 2 aliphatic rings. The third kappa shape index (κ3) is 2.58. The number of nitroso groups, excluding NO2 is 1. The third-order valence-corrected chi connectivity index (χ3v) is 6.59. The number of hydrogen-bond donors (Lipinski definition) is 0. The first kappa shape index (κ1) is 18.7. The van der Waals surface area contributed by atoms with E-state index >= 15 is 0 Å². The molecule has 4 atom stereocenters. The molecule has 2 fully saturated rings. The monoisotopic (exact) mass is 384 g/mol. The smallest absolute Gasteiger partial charge is 0.149 e. The van der Waals surface area contributed by atoms with Crippen molar-refractivity contribution in [3.63, 3.8) is 0 Å². The van der Waals surface area contributed by atoms with Gasteiger partial charge in [0, 0.05) is 0 Å². The molecule has 1 heterocycles. The van der Waals surface area contributed by atoms with Gasteiger partial charge in [-0.1, -0.05) is 44.5 Å². The zero-order valence-corrected chi connectivity index (χ0v) is 15.9. The minimum atomic E-state index is -0.876. The molecule has 0 spiro atoms. The molecule has 6 heteroatoms. The average molecular weight is 384 g/mol. The normalized spacial score (nSPS) is 32.3. The second-order valence-electron chi connectivity index (χ2n) is 8.39. The van der Waals surface area contributed by atoms with Gasteiger partial charge in [0.2, 0.25) is 0 Å². The lowest BCUT2D eigenvalue weighted by atomic mass is 9.52. The van der Waals surface area contributed by atoms with Crippen LogP contribution >= 0.6 is 0 Å². The molecule has 4 rings (SSSR count). The van der Waals surface area contributed by atoms with Crippen molar-refractivity contribution < 1.29 is 13.6 Å². The van der Waals surface area contributed by atoms with Crippen LogP contribution in [-0.4, -0.2) is 10.8 Å². The number of Topliss-reactive ketones (excluding diaryl/α,β-unsaturated/α-hetero) is 1. The molecular formula is C22H22F2N2O2. The summed E-state index contributed by atoms with van der Waals surface area (Å²) in [5, 5.41) is 4.68. The van der Waals surface area contributed by atoms with Crippen molar-refractivity contribution >= 4 is 5.78 Å². The van der Waals surface area contributed by atoms with Gasteiger partial charge in [-0.15, -0.1) is 4.91 Å². The largest absolute Gasteiger partial charge is 0.298 e. The number of carbonyl (C=O) groups excluding carboxylic acids is 1. The Labute approximate surface area is 162 Å². The highest BCUT2D eigenvalue weighted by molar-refractivity contribution is 5.93. The van der Waals surface area contributed by atoms with E-state index in [1.807, 2.05) is 13.8 Å². The molecule has 0 N–H and O–H groups in total. The van der Waals surface area contributed by atoms with Gasteiger partial charge < -0.3 is 0 Å². The predicted molar refractivity (Wildman–Crippen MR) is 101 cm³/mol. The van der Waals surface area contributed by atoms with Gasteiger partial charge in [0.05, 0.1) is 28.2 Å². The van der Waals surface area contributed by atoms with Crippen molar-refractivity contribution in [2.45, 2.75) is 45.2 Å². The number of hydrogen-bond acceptors (Lipinski definition) is 3. The van der Waals surface area contributed by atoms with Crippen molar-refractivity contribution in [2.75, 3.05) is 0 Å². The van der Waals surface area contributed by atoms with Crippen LogP contribution in [0.5, 0.6) is 0 Å². The second kappa shape index (κ2) is 6.47. The highest BCUT2D eigenvalue weighted by Gasteiger charge is 2.64. The summed E-state index contributed by atoms with van der Waals surface area (Å²) in [5.74, 6) is -0.855. The topological polar surface area (TPSA) is 49.7 Å². The number of halogens is 2. The van der Waals surface area contributed by atoms with Gasteiger partial charge in [-0.3, -0.25) is 4.79 Å². The highest BCUT2D eigenvalue weighted by atomic mass is 19.1. The van der Waals surface area contributed by atoms with Crippen LogP contribution in [0.4, 0.5) is 8.78 Å². The maximum atomic E-state index is 14.0. The Morgan fingerprint density at radius 2 is 1.39 bits per heavy atom. The lowest BCUT2D eigenvalue weighted by Gasteiger charge is -2.59. The Hall–Kier alpha value is -2.63. The fourth-order valence-electron chi connectivity index (χ4n) is 5.45. The molecule has 0 aromatic heterocycles. The molecule has 2 aromatic rings. The van der Waals surface area contributed by atoms with E-state index in [4.69, 9.17) is 0 Å². The van der Waals surface area contributed by atoms with E-state index in [2.05, 4.69) is 5.29 Å². The highest BCUT2D eigenvalue weighted by Crippen LogP contribution is 2.63. The van der Waals surface area contributed by atoms with Gasteiger partial charge in [-0.05, 0) is 48.2 Å². The van der Waals surface area contributed by atoms with Gasteiger partial charge in [0.25, 0.3) is 0 Å². The minimum absolute atomic E-state index is 0.0228. The molecular weight excluding hydrogens is 362 g/mol. The summed E-state index contributed by atoms with van der Waals surface area (Å²) in [6.45, 7) is 3.67. The van der Waals surface area contributed by atoms with E-state index in [1.165, 1.54) is 29.3 Å². The Kier molecular flexibility index (Phi) is 4.32. The first-order valence-corrected chi connectivity index (χ1v) is 9.49. The maximum Gasteiger partial charge on any atom is 0.149 e. The van der Waals surface area contributed by atoms with Crippen LogP contribution < -0.4 is 0 Å². The molecule has 0 radical (unpaired) electrons. The first-order valence-electron chi connectivity index (χ1n) is 9.49. The number of carbonyl (C=O) groups is 1. The number of nitrogens with zero attached hydrogens (tertiary/aromatic N) is 2. The number of benzene rings is 2. The summed E-state index contributed by atoms with van der Waals surface area (Å²) in [7, 11) is 0. The first-order chi connectivity index (χ1) is 13.3. The number of ketones is 1. The average Bonchev–Trinajstić information content (AvgIpc) is 2.64. The molecule has 1 saturated heterocycles. The summed E-state index contributed by atoms with van der Waals surface area (Å²) in [5.41, 5.74) is -0.696. The van der Waals surface area contributed by atoms with Crippen molar-refractivity contribution in [1.29, 1.82) is 0 Å². The zero-order valence-electron chi connectivity index (χ0n) is 15.9. The van der Waals surface area contributed by atoms with Gasteiger partial charge in [-0.2, -0.15) is 0 Å². The lowest BCUT2D eigenvalue weighted by Crippen LogP contribution is -2.61. The summed E-state index contributed by atoms with van der Waals surface area (Å²) in [6.07, 6.45) is 1.97. The van der Waals surface area contributed by atoms with Crippen LogP contribution in [0.3, 0.4) is 0 Å². The molecule has 1 aliphatic carbocycles. The van der Waals surface area contributed by atoms with E-state index in [0.29, 0.717) is 24.0 Å². The van der Waals surface area contributed by atoms with Crippen LogP contribution in [0.2, 0.25) is 0 Å². The summed E-state index contributed by atoms with van der Waals surface area (Å²) < 4.78 is 28.0. The standard InChI is InChI=1S/C22H22F2N2O2/c1-21-10-5-11-22(2,20(21)27)19(15-7-4-9-17(24)13-15)26(25-28)18(21)14-6-3-8-16(23)12-14/h3-4,6-9,12-13,18-19H,5,10-11H2,1-2H3. The van der Waals surface area contributed by atoms with E-state index in [1.54, 1.807) is 24.3 Å². The SMILES string of the molecule is CC12CCCC(C)(C1=O)C(c1cccc(F)c1)N(N=O)C2c1cccc(F)c1. The molecule has 0 amide bonds. The van der Waals surface area contributed by atoms with Gasteiger partial charge in [0.15, 0.2) is 0 Å². The number of piperidine rings is 1. The molecule has 146 valence electrons. The quantitative estimate of drug-likeness (QED) is 0.656. The molecule has 2 bridgehead atoms. The van der Waals surface area contributed by atoms with Crippen LogP contribution in [0.25, 0.3) is 0 Å². The summed E-state index contributed by atoms with van der Waals surface area (Å²) in [6, 6.07) is 10.5. The van der Waals surface area contributed by atoms with E-state index in [0.717, 1.165) is 6.42 Å². The molecule has 4 nitrogen and oxygen atoms in total. The lowest BCUT2D eigenvalue weighted by molar-refractivity contribution is -0.171. The predicted octanol–water partition coefficient (Wildman–Crippen LogP) is 5.51. The van der Waals surface area contributed by atoms with Crippen molar-refractivity contribution in [2.24, 2.45) is 16.1 Å². The van der Waals surface area contributed by atoms with Crippen molar-refractivity contribution in [1.82, 2.24) is 5.01 Å². The minimum Gasteiger partial charge on any atom is -0.298 e. The summed E-state index contributed by atoms with van der Waals surface area (Å²) >= 11 is 0. The molecule has 2 aromatic carbocycles. The van der Waals surface area contributed by atoms with Crippen molar-refractivity contribution in [3.05, 3.63) is 76.2 Å². The fraction of sp³-hybridized carbons (Fsp3) is 0.409. The van der Waals surface area contributed by atoms with Crippen molar-refractivity contribution in [3.8, 4) is 0 Å². The van der Waals surface area contributed by atoms with E-state index in [-0.39, 0.29) is 5.78 Å². The fourth-order valence-corrected chi connectivity index (χ4v) is 5.45. The van der Waals surface area contributed by atoms with Crippen LogP contribution in [0.1, 0.15) is 56.3 Å². The third-order valence-electron chi connectivity index (χ3n) is 6.59. The Morgan fingerprint density at radius 3 is 1.79 bits per heavy atom. The molecule has 1 aliphatic heterocycles. The maximum absolute atomic E-state index is 14.0. The molecule has 1 saturated carbocycles. The molecule has 4 unspecified atom stereocenters. The second-order valence-corrected chi connectivity index (χ2v) is 8.39. The van der Waals surface area contributed by atoms with Crippen LogP contribution in [-0.2, 0) is 4.79 Å².